The van der Waals surface area contributed by atoms with Crippen molar-refractivity contribution in [3.05, 3.63) is 16.1 Å². The Morgan fingerprint density at radius 3 is 2.60 bits per heavy atom. The van der Waals surface area contributed by atoms with Crippen molar-refractivity contribution in [2.45, 2.75) is 51.9 Å². The largest absolute Gasteiger partial charge is 0.481 e. The lowest BCUT2D eigenvalue weighted by Crippen LogP contribution is -2.25. The maximum Gasteiger partial charge on any atom is 0.303 e. The Hall–Kier alpha value is -1.43. The van der Waals surface area contributed by atoms with Crippen LogP contribution in [0.5, 0.6) is 0 Å². The summed E-state index contributed by atoms with van der Waals surface area (Å²) in [5, 5.41) is 14.3. The smallest absolute Gasteiger partial charge is 0.303 e. The number of rotatable bonds is 7. The van der Waals surface area contributed by atoms with Crippen LogP contribution in [0.3, 0.4) is 0 Å². The SMILES string of the molecule is CC(C)(C)c1csc(CCNC(=O)CCCC(=O)O)n1. The Bertz CT molecular complexity index is 463. The van der Waals surface area contributed by atoms with Crippen molar-refractivity contribution in [1.82, 2.24) is 10.3 Å². The molecule has 0 aliphatic carbocycles. The number of thiazole rings is 1. The highest BCUT2D eigenvalue weighted by Gasteiger charge is 2.17. The molecule has 1 aromatic heterocycles. The van der Waals surface area contributed by atoms with E-state index in [-0.39, 0.29) is 24.2 Å². The fraction of sp³-hybridized carbons (Fsp3) is 0.643. The number of carbonyl (C=O) groups is 2. The number of hydrogen-bond acceptors (Lipinski definition) is 4. The second-order valence-electron chi connectivity index (χ2n) is 5.72. The van der Waals surface area contributed by atoms with Gasteiger partial charge in [0.05, 0.1) is 10.7 Å². The van der Waals surface area contributed by atoms with E-state index >= 15 is 0 Å². The van der Waals surface area contributed by atoms with Crippen molar-refractivity contribution in [3.63, 3.8) is 0 Å². The minimum Gasteiger partial charge on any atom is -0.481 e. The van der Waals surface area contributed by atoms with Gasteiger partial charge >= 0.3 is 5.97 Å². The molecule has 0 bridgehead atoms. The van der Waals surface area contributed by atoms with Crippen molar-refractivity contribution < 1.29 is 14.7 Å². The fourth-order valence-electron chi connectivity index (χ4n) is 1.57. The van der Waals surface area contributed by atoms with E-state index in [1.165, 1.54) is 0 Å². The number of carboxylic acids is 1. The summed E-state index contributed by atoms with van der Waals surface area (Å²) in [6, 6.07) is 0. The number of carboxylic acid groups (broad SMARTS) is 1. The van der Waals surface area contributed by atoms with E-state index in [2.05, 4.69) is 36.5 Å². The summed E-state index contributed by atoms with van der Waals surface area (Å²) >= 11 is 1.61. The van der Waals surface area contributed by atoms with Crippen molar-refractivity contribution in [3.8, 4) is 0 Å². The lowest BCUT2D eigenvalue weighted by molar-refractivity contribution is -0.137. The summed E-state index contributed by atoms with van der Waals surface area (Å²) in [6.45, 7) is 6.91. The monoisotopic (exact) mass is 298 g/mol. The molecule has 0 radical (unpaired) electrons. The van der Waals surface area contributed by atoms with Crippen LogP contribution in [0.1, 0.15) is 50.7 Å². The summed E-state index contributed by atoms with van der Waals surface area (Å²) in [4.78, 5) is 26.3. The van der Waals surface area contributed by atoms with E-state index in [1.807, 2.05) is 0 Å². The molecule has 0 atom stereocenters. The Morgan fingerprint density at radius 2 is 2.05 bits per heavy atom. The van der Waals surface area contributed by atoms with Gasteiger partial charge in [-0.3, -0.25) is 9.59 Å². The fourth-order valence-corrected chi connectivity index (χ4v) is 2.59. The zero-order valence-electron chi connectivity index (χ0n) is 12.2. The van der Waals surface area contributed by atoms with E-state index in [4.69, 9.17) is 5.11 Å². The summed E-state index contributed by atoms with van der Waals surface area (Å²) in [5.74, 6) is -0.964. The maximum atomic E-state index is 11.5. The van der Waals surface area contributed by atoms with Crippen molar-refractivity contribution in [1.29, 1.82) is 0 Å². The summed E-state index contributed by atoms with van der Waals surface area (Å²) < 4.78 is 0. The first kappa shape index (κ1) is 16.6. The van der Waals surface area contributed by atoms with Crippen molar-refractivity contribution in [2.75, 3.05) is 6.54 Å². The van der Waals surface area contributed by atoms with Gasteiger partial charge in [0.15, 0.2) is 0 Å². The molecule has 0 saturated heterocycles. The molecule has 5 nitrogen and oxygen atoms in total. The second-order valence-corrected chi connectivity index (χ2v) is 6.67. The van der Waals surface area contributed by atoms with Crippen LogP contribution < -0.4 is 5.32 Å². The number of nitrogens with one attached hydrogen (secondary N) is 1. The van der Waals surface area contributed by atoms with Gasteiger partial charge in [0.25, 0.3) is 0 Å². The molecule has 1 rings (SSSR count). The molecule has 2 N–H and O–H groups in total. The first-order valence-corrected chi connectivity index (χ1v) is 7.60. The topological polar surface area (TPSA) is 79.3 Å². The number of aromatic nitrogens is 1. The zero-order chi connectivity index (χ0) is 15.2. The Labute approximate surface area is 123 Å². The molecule has 112 valence electrons. The van der Waals surface area contributed by atoms with Crippen LogP contribution in [0, 0.1) is 0 Å². The molecule has 0 unspecified atom stereocenters. The van der Waals surface area contributed by atoms with E-state index in [0.29, 0.717) is 19.4 Å². The molecular formula is C14H22N2O3S. The van der Waals surface area contributed by atoms with E-state index in [0.717, 1.165) is 10.7 Å². The predicted molar refractivity (Wildman–Crippen MR) is 79.0 cm³/mol. The number of aliphatic carboxylic acids is 1. The van der Waals surface area contributed by atoms with Crippen LogP contribution in [0.4, 0.5) is 0 Å². The molecule has 0 aliphatic heterocycles. The third-order valence-electron chi connectivity index (χ3n) is 2.78. The summed E-state index contributed by atoms with van der Waals surface area (Å²) in [7, 11) is 0. The average Bonchev–Trinajstić information content (AvgIpc) is 2.77. The van der Waals surface area contributed by atoms with Crippen LogP contribution in [0.15, 0.2) is 5.38 Å². The molecule has 0 fully saturated rings. The molecule has 1 heterocycles. The van der Waals surface area contributed by atoms with Gasteiger partial charge in [0.2, 0.25) is 5.91 Å². The Morgan fingerprint density at radius 1 is 1.35 bits per heavy atom. The van der Waals surface area contributed by atoms with Crippen molar-refractivity contribution in [2.24, 2.45) is 0 Å². The highest BCUT2D eigenvalue weighted by molar-refractivity contribution is 7.09. The standard InChI is InChI=1S/C14H22N2O3S/c1-14(2,3)10-9-20-12(16-10)7-8-15-11(17)5-4-6-13(18)19/h9H,4-8H2,1-3H3,(H,15,17)(H,18,19). The summed E-state index contributed by atoms with van der Waals surface area (Å²) in [6.07, 6.45) is 1.39. The first-order valence-electron chi connectivity index (χ1n) is 6.72. The molecule has 0 saturated carbocycles. The van der Waals surface area contributed by atoms with Gasteiger partial charge in [-0.2, -0.15) is 0 Å². The van der Waals surface area contributed by atoms with Crippen LogP contribution in [0.2, 0.25) is 0 Å². The van der Waals surface area contributed by atoms with E-state index in [1.54, 1.807) is 11.3 Å². The van der Waals surface area contributed by atoms with Crippen molar-refractivity contribution >= 4 is 23.2 Å². The van der Waals surface area contributed by atoms with Gasteiger partial charge in [-0.1, -0.05) is 20.8 Å². The Balaban J connectivity index is 2.25. The minimum absolute atomic E-state index is 0.0366. The van der Waals surface area contributed by atoms with Crippen LogP contribution in [-0.4, -0.2) is 28.5 Å². The number of nitrogens with zero attached hydrogens (tertiary/aromatic N) is 1. The lowest BCUT2D eigenvalue weighted by Gasteiger charge is -2.14. The Kier molecular flexibility index (Phi) is 6.13. The number of carbonyl (C=O) groups excluding carboxylic acids is 1. The maximum absolute atomic E-state index is 11.5. The third-order valence-corrected chi connectivity index (χ3v) is 3.68. The molecule has 1 amide bonds. The molecular weight excluding hydrogens is 276 g/mol. The van der Waals surface area contributed by atoms with Gasteiger partial charge in [0, 0.05) is 36.6 Å². The highest BCUT2D eigenvalue weighted by Crippen LogP contribution is 2.23. The first-order chi connectivity index (χ1) is 9.29. The van der Waals surface area contributed by atoms with Gasteiger partial charge in [-0.15, -0.1) is 11.3 Å². The predicted octanol–water partition coefficient (Wildman–Crippen LogP) is 2.35. The summed E-state index contributed by atoms with van der Waals surface area (Å²) in [5.41, 5.74) is 1.12. The van der Waals surface area contributed by atoms with Gasteiger partial charge in [-0.05, 0) is 6.42 Å². The molecule has 20 heavy (non-hydrogen) atoms. The van der Waals surface area contributed by atoms with Crippen LogP contribution >= 0.6 is 11.3 Å². The lowest BCUT2D eigenvalue weighted by atomic mass is 9.93. The number of hydrogen-bond donors (Lipinski definition) is 2. The molecule has 0 aromatic carbocycles. The quantitative estimate of drug-likeness (QED) is 0.810. The minimum atomic E-state index is -0.865. The highest BCUT2D eigenvalue weighted by atomic mass is 32.1. The zero-order valence-corrected chi connectivity index (χ0v) is 13.0. The van der Waals surface area contributed by atoms with E-state index < -0.39 is 5.97 Å². The van der Waals surface area contributed by atoms with Gasteiger partial charge < -0.3 is 10.4 Å². The van der Waals surface area contributed by atoms with E-state index in [9.17, 15) is 9.59 Å². The average molecular weight is 298 g/mol. The van der Waals surface area contributed by atoms with Gasteiger partial charge in [0.1, 0.15) is 0 Å². The molecule has 6 heteroatoms. The molecule has 0 aliphatic rings. The second kappa shape index (κ2) is 7.38. The number of amides is 1. The van der Waals surface area contributed by atoms with Crippen LogP contribution in [-0.2, 0) is 21.4 Å². The van der Waals surface area contributed by atoms with Gasteiger partial charge in [-0.25, -0.2) is 4.98 Å². The molecule has 0 spiro atoms. The normalized spacial score (nSPS) is 11.3. The third kappa shape index (κ3) is 6.14. The van der Waals surface area contributed by atoms with Crippen LogP contribution in [0.25, 0.3) is 0 Å². The molecule has 1 aromatic rings.